The number of carboxylic acids is 2. The van der Waals surface area contributed by atoms with Crippen LogP contribution in [0.4, 0.5) is 4.79 Å². The van der Waals surface area contributed by atoms with Gasteiger partial charge in [-0.3, -0.25) is 24.1 Å². The van der Waals surface area contributed by atoms with Crippen LogP contribution in [0.15, 0.2) is 12.2 Å². The maximum Gasteiger partial charge on any atom is 0.326 e. The Morgan fingerprint density at radius 1 is 1.06 bits per heavy atom. The van der Waals surface area contributed by atoms with Gasteiger partial charge < -0.3 is 32.3 Å². The molecule has 1 heterocycles. The molecular formula is C18H29N5O8. The maximum absolute atomic E-state index is 11.6. The first kappa shape index (κ1) is 27.5. The lowest BCUT2D eigenvalue weighted by molar-refractivity contribution is -0.143. The van der Waals surface area contributed by atoms with Crippen molar-refractivity contribution in [1.82, 2.24) is 15.5 Å². The molecule has 0 radical (unpaired) electrons. The summed E-state index contributed by atoms with van der Waals surface area (Å²) >= 11 is 0. The number of rotatable bonds is 11. The predicted molar refractivity (Wildman–Crippen MR) is 107 cm³/mol. The van der Waals surface area contributed by atoms with Gasteiger partial charge in [-0.05, 0) is 18.8 Å². The Bertz CT molecular complexity index is 704. The van der Waals surface area contributed by atoms with Crippen LogP contribution in [0.3, 0.4) is 0 Å². The van der Waals surface area contributed by atoms with E-state index in [4.69, 9.17) is 21.7 Å². The third-order valence-electron chi connectivity index (χ3n) is 4.02. The van der Waals surface area contributed by atoms with Crippen molar-refractivity contribution in [2.24, 2.45) is 17.4 Å². The van der Waals surface area contributed by atoms with Crippen LogP contribution in [0.5, 0.6) is 0 Å². The molecular weight excluding hydrogens is 414 g/mol. The number of nitrogens with two attached hydrogens (primary N) is 2. The van der Waals surface area contributed by atoms with Gasteiger partial charge in [0.25, 0.3) is 11.8 Å². The minimum absolute atomic E-state index is 0.0546. The second-order valence-electron chi connectivity index (χ2n) is 6.92. The molecule has 13 nitrogen and oxygen atoms in total. The quantitative estimate of drug-likeness (QED) is 0.159. The largest absolute Gasteiger partial charge is 0.480 e. The topological polar surface area (TPSA) is 222 Å². The van der Waals surface area contributed by atoms with Crippen LogP contribution in [0.1, 0.15) is 33.1 Å². The van der Waals surface area contributed by atoms with Crippen molar-refractivity contribution >= 4 is 35.7 Å². The first-order valence-corrected chi connectivity index (χ1v) is 9.44. The minimum Gasteiger partial charge on any atom is -0.480 e. The van der Waals surface area contributed by atoms with Gasteiger partial charge in [0.1, 0.15) is 12.1 Å². The first-order chi connectivity index (χ1) is 14.4. The standard InChI is InChI=1S/C12H16N2O5.C6H13N3O3/c1-7(2)11(12(18)19)13-8(15)5-6-14-9(16)3-4-10(14)17;7-4(5(10)11)2-1-3-9-6(8)12/h3-4,7,11H,5-6H2,1-2H3,(H,13,15)(H,18,19);4H,1-3,7H2,(H,10,11)(H3,8,9,12). The van der Waals surface area contributed by atoms with Gasteiger partial charge in [0.05, 0.1) is 0 Å². The van der Waals surface area contributed by atoms with E-state index in [1.54, 1.807) is 13.8 Å². The number of hydrogen-bond donors (Lipinski definition) is 6. The van der Waals surface area contributed by atoms with Crippen LogP contribution in [0.25, 0.3) is 0 Å². The third kappa shape index (κ3) is 11.3. The highest BCUT2D eigenvalue weighted by Gasteiger charge is 2.26. The van der Waals surface area contributed by atoms with Gasteiger partial charge in [0.15, 0.2) is 0 Å². The van der Waals surface area contributed by atoms with Crippen LogP contribution >= 0.6 is 0 Å². The summed E-state index contributed by atoms with van der Waals surface area (Å²) in [5, 5.41) is 22.0. The molecule has 13 heteroatoms. The molecule has 0 aromatic carbocycles. The predicted octanol–water partition coefficient (Wildman–Crippen LogP) is -1.63. The van der Waals surface area contributed by atoms with Gasteiger partial charge in [0.2, 0.25) is 5.91 Å². The number of amides is 5. The van der Waals surface area contributed by atoms with E-state index in [2.05, 4.69) is 10.6 Å². The van der Waals surface area contributed by atoms with Crippen LogP contribution in [-0.2, 0) is 24.0 Å². The van der Waals surface area contributed by atoms with E-state index in [0.717, 1.165) is 17.1 Å². The number of primary amides is 1. The van der Waals surface area contributed by atoms with E-state index in [9.17, 15) is 28.8 Å². The number of carboxylic acid groups (broad SMARTS) is 2. The summed E-state index contributed by atoms with van der Waals surface area (Å²) in [6, 6.07) is -2.45. The Hall–Kier alpha value is -3.48. The summed E-state index contributed by atoms with van der Waals surface area (Å²) in [6.45, 7) is 3.66. The van der Waals surface area contributed by atoms with E-state index >= 15 is 0 Å². The van der Waals surface area contributed by atoms with E-state index in [-0.39, 0.29) is 18.9 Å². The molecule has 1 aliphatic heterocycles. The number of urea groups is 1. The molecule has 0 spiro atoms. The molecule has 0 aromatic heterocycles. The summed E-state index contributed by atoms with van der Waals surface area (Å²) in [6.07, 6.45) is 2.99. The summed E-state index contributed by atoms with van der Waals surface area (Å²) < 4.78 is 0. The maximum atomic E-state index is 11.6. The zero-order valence-electron chi connectivity index (χ0n) is 17.4. The average molecular weight is 443 g/mol. The lowest BCUT2D eigenvalue weighted by atomic mass is 10.0. The highest BCUT2D eigenvalue weighted by molar-refractivity contribution is 6.13. The highest BCUT2D eigenvalue weighted by atomic mass is 16.4. The first-order valence-electron chi connectivity index (χ1n) is 9.44. The van der Waals surface area contributed by atoms with Gasteiger partial charge in [0, 0.05) is 31.7 Å². The molecule has 2 atom stereocenters. The second-order valence-corrected chi connectivity index (χ2v) is 6.92. The summed E-state index contributed by atoms with van der Waals surface area (Å²) in [5.74, 6) is -3.83. The molecule has 8 N–H and O–H groups in total. The smallest absolute Gasteiger partial charge is 0.326 e. The molecule has 0 aromatic rings. The van der Waals surface area contributed by atoms with Gasteiger partial charge in [-0.25, -0.2) is 9.59 Å². The molecule has 0 bridgehead atoms. The normalized spacial score (nSPS) is 14.5. The number of imide groups is 1. The Morgan fingerprint density at radius 3 is 2.03 bits per heavy atom. The van der Waals surface area contributed by atoms with Crippen molar-refractivity contribution in [3.05, 3.63) is 12.2 Å². The van der Waals surface area contributed by atoms with E-state index < -0.39 is 47.8 Å². The van der Waals surface area contributed by atoms with Crippen LogP contribution in [-0.4, -0.2) is 76.0 Å². The van der Waals surface area contributed by atoms with E-state index in [1.807, 2.05) is 0 Å². The number of nitrogens with one attached hydrogen (secondary N) is 2. The van der Waals surface area contributed by atoms with Crippen molar-refractivity contribution in [2.45, 2.75) is 45.2 Å². The minimum atomic E-state index is -1.11. The number of carbonyl (C=O) groups is 6. The Kier molecular flexibility index (Phi) is 12.2. The lowest BCUT2D eigenvalue weighted by Gasteiger charge is -2.19. The van der Waals surface area contributed by atoms with E-state index in [0.29, 0.717) is 19.4 Å². The molecule has 0 saturated carbocycles. The molecule has 174 valence electrons. The Balaban J connectivity index is 0.000000649. The highest BCUT2D eigenvalue weighted by Crippen LogP contribution is 2.06. The SMILES string of the molecule is CC(C)C(NC(=O)CCN1C(=O)C=CC1=O)C(=O)O.NC(=O)NCCCC(N)C(=O)O. The lowest BCUT2D eigenvalue weighted by Crippen LogP contribution is -2.45. The summed E-state index contributed by atoms with van der Waals surface area (Å²) in [7, 11) is 0. The number of aliphatic carboxylic acids is 2. The van der Waals surface area contributed by atoms with Crippen LogP contribution in [0.2, 0.25) is 0 Å². The second kappa shape index (κ2) is 13.7. The molecule has 0 fully saturated rings. The number of nitrogens with zero attached hydrogens (tertiary/aromatic N) is 1. The molecule has 1 rings (SSSR count). The fourth-order valence-electron chi connectivity index (χ4n) is 2.28. The molecule has 2 unspecified atom stereocenters. The average Bonchev–Trinajstić information content (AvgIpc) is 2.98. The van der Waals surface area contributed by atoms with Gasteiger partial charge in [-0.15, -0.1) is 0 Å². The van der Waals surface area contributed by atoms with E-state index in [1.165, 1.54) is 0 Å². The van der Waals surface area contributed by atoms with Crippen molar-refractivity contribution in [2.75, 3.05) is 13.1 Å². The molecule has 31 heavy (non-hydrogen) atoms. The van der Waals surface area contributed by atoms with Crippen LogP contribution < -0.4 is 22.1 Å². The molecule has 0 aliphatic carbocycles. The molecule has 0 saturated heterocycles. The molecule has 5 amide bonds. The third-order valence-corrected chi connectivity index (χ3v) is 4.02. The number of hydrogen-bond acceptors (Lipinski definition) is 7. The summed E-state index contributed by atoms with van der Waals surface area (Å²) in [4.78, 5) is 66.2. The fourth-order valence-corrected chi connectivity index (χ4v) is 2.28. The monoisotopic (exact) mass is 443 g/mol. The molecule has 1 aliphatic rings. The van der Waals surface area contributed by atoms with Gasteiger partial charge in [-0.1, -0.05) is 13.8 Å². The Labute approximate surface area is 178 Å². The zero-order valence-corrected chi connectivity index (χ0v) is 17.4. The van der Waals surface area contributed by atoms with Gasteiger partial charge in [-0.2, -0.15) is 0 Å². The van der Waals surface area contributed by atoms with Crippen LogP contribution in [0, 0.1) is 5.92 Å². The fraction of sp³-hybridized carbons (Fsp3) is 0.556. The van der Waals surface area contributed by atoms with Crippen molar-refractivity contribution in [3.63, 3.8) is 0 Å². The zero-order chi connectivity index (χ0) is 24.1. The number of carbonyl (C=O) groups excluding carboxylic acids is 4. The van der Waals surface area contributed by atoms with Gasteiger partial charge >= 0.3 is 18.0 Å². The van der Waals surface area contributed by atoms with Crippen molar-refractivity contribution < 1.29 is 39.0 Å². The van der Waals surface area contributed by atoms with Crippen molar-refractivity contribution in [1.29, 1.82) is 0 Å². The van der Waals surface area contributed by atoms with Crippen molar-refractivity contribution in [3.8, 4) is 0 Å². The Morgan fingerprint density at radius 2 is 1.61 bits per heavy atom. The summed E-state index contributed by atoms with van der Waals surface area (Å²) in [5.41, 5.74) is 9.96.